The summed E-state index contributed by atoms with van der Waals surface area (Å²) >= 11 is 0. The van der Waals surface area contributed by atoms with Crippen molar-refractivity contribution >= 4 is 11.4 Å². The van der Waals surface area contributed by atoms with Gasteiger partial charge in [-0.25, -0.2) is 0 Å². The molecule has 1 heterocycles. The third kappa shape index (κ3) is 1.91. The van der Waals surface area contributed by atoms with Gasteiger partial charge < -0.3 is 20.8 Å². The van der Waals surface area contributed by atoms with Gasteiger partial charge in [0, 0.05) is 13.1 Å². The number of aliphatic hydroxyl groups excluding tert-OH is 2. The Morgan fingerprint density at radius 2 is 2.27 bits per heavy atom. The molecule has 82 valence electrons. The quantitative estimate of drug-likeness (QED) is 0.611. The molecule has 1 aliphatic rings. The minimum atomic E-state index is -0.699. The van der Waals surface area contributed by atoms with Crippen molar-refractivity contribution in [3.05, 3.63) is 23.8 Å². The molecule has 1 unspecified atom stereocenters. The van der Waals surface area contributed by atoms with E-state index < -0.39 is 6.10 Å². The lowest BCUT2D eigenvalue weighted by Crippen LogP contribution is -2.33. The first kappa shape index (κ1) is 10.3. The zero-order valence-electron chi connectivity index (χ0n) is 8.56. The molecule has 0 bridgehead atoms. The predicted octanol–water partition coefficient (Wildman–Crippen LogP) is -0.0155. The molecule has 1 aromatic carbocycles. The molecule has 1 aliphatic heterocycles. The van der Waals surface area contributed by atoms with E-state index in [9.17, 15) is 5.11 Å². The average Bonchev–Trinajstić information content (AvgIpc) is 2.63. The predicted molar refractivity (Wildman–Crippen MR) is 59.9 cm³/mol. The van der Waals surface area contributed by atoms with Crippen LogP contribution in [0.4, 0.5) is 11.4 Å². The normalized spacial score (nSPS) is 16.5. The molecule has 0 aliphatic carbocycles. The maximum absolute atomic E-state index is 9.40. The molecule has 2 rings (SSSR count). The molecule has 4 heteroatoms. The number of aliphatic hydroxyl groups is 2. The van der Waals surface area contributed by atoms with Gasteiger partial charge in [-0.05, 0) is 18.1 Å². The maximum Gasteiger partial charge on any atom is 0.0945 e. The Morgan fingerprint density at radius 3 is 3.00 bits per heavy atom. The number of nitrogens with two attached hydrogens (primary N) is 1. The van der Waals surface area contributed by atoms with Crippen LogP contribution in [0.1, 0.15) is 5.56 Å². The zero-order chi connectivity index (χ0) is 10.8. The van der Waals surface area contributed by atoms with E-state index in [-0.39, 0.29) is 6.61 Å². The molecular weight excluding hydrogens is 192 g/mol. The smallest absolute Gasteiger partial charge is 0.0945 e. The summed E-state index contributed by atoms with van der Waals surface area (Å²) in [6.07, 6.45) is 0.258. The van der Waals surface area contributed by atoms with Gasteiger partial charge in [0.2, 0.25) is 0 Å². The highest BCUT2D eigenvalue weighted by molar-refractivity contribution is 5.74. The van der Waals surface area contributed by atoms with E-state index in [2.05, 4.69) is 6.07 Å². The van der Waals surface area contributed by atoms with Crippen LogP contribution in [0.3, 0.4) is 0 Å². The van der Waals surface area contributed by atoms with Crippen molar-refractivity contribution in [1.29, 1.82) is 0 Å². The fourth-order valence-corrected chi connectivity index (χ4v) is 2.06. The van der Waals surface area contributed by atoms with E-state index in [0.29, 0.717) is 6.54 Å². The van der Waals surface area contributed by atoms with Crippen LogP contribution in [0, 0.1) is 0 Å². The van der Waals surface area contributed by atoms with Gasteiger partial charge in [0.15, 0.2) is 0 Å². The fourth-order valence-electron chi connectivity index (χ4n) is 2.06. The Hall–Kier alpha value is -1.26. The molecule has 4 N–H and O–H groups in total. The van der Waals surface area contributed by atoms with Gasteiger partial charge in [0.05, 0.1) is 24.1 Å². The number of benzene rings is 1. The van der Waals surface area contributed by atoms with Crippen molar-refractivity contribution < 1.29 is 10.2 Å². The Morgan fingerprint density at radius 1 is 1.47 bits per heavy atom. The number of rotatable bonds is 3. The van der Waals surface area contributed by atoms with E-state index in [1.54, 1.807) is 0 Å². The largest absolute Gasteiger partial charge is 0.397 e. The van der Waals surface area contributed by atoms with Gasteiger partial charge in [-0.1, -0.05) is 12.1 Å². The van der Waals surface area contributed by atoms with Crippen LogP contribution >= 0.6 is 0 Å². The topological polar surface area (TPSA) is 69.7 Å². The third-order valence-electron chi connectivity index (χ3n) is 2.76. The Kier molecular flexibility index (Phi) is 2.79. The lowest BCUT2D eigenvalue weighted by molar-refractivity contribution is 0.100. The van der Waals surface area contributed by atoms with Crippen molar-refractivity contribution in [2.24, 2.45) is 0 Å². The molecule has 0 aromatic heterocycles. The number of nitrogens with zero attached hydrogens (tertiary/aromatic N) is 1. The van der Waals surface area contributed by atoms with E-state index in [1.807, 2.05) is 17.0 Å². The fraction of sp³-hybridized carbons (Fsp3) is 0.455. The van der Waals surface area contributed by atoms with Gasteiger partial charge in [0.25, 0.3) is 0 Å². The van der Waals surface area contributed by atoms with Crippen LogP contribution in [0.2, 0.25) is 0 Å². The summed E-state index contributed by atoms with van der Waals surface area (Å²) in [5.41, 5.74) is 8.88. The molecular formula is C11H16N2O2. The standard InChI is InChI=1S/C11H16N2O2/c12-10-3-1-2-8-4-5-13(11(8)10)6-9(15)7-14/h1-3,9,14-15H,4-7,12H2. The number of fused-ring (bicyclic) bond motifs is 1. The van der Waals surface area contributed by atoms with Gasteiger partial charge >= 0.3 is 0 Å². The second-order valence-electron chi connectivity index (χ2n) is 3.89. The van der Waals surface area contributed by atoms with Crippen molar-refractivity contribution in [3.63, 3.8) is 0 Å². The minimum Gasteiger partial charge on any atom is -0.397 e. The summed E-state index contributed by atoms with van der Waals surface area (Å²) in [5.74, 6) is 0. The first-order valence-corrected chi connectivity index (χ1v) is 5.13. The molecule has 0 saturated heterocycles. The number of para-hydroxylation sites is 1. The van der Waals surface area contributed by atoms with E-state index in [1.165, 1.54) is 5.56 Å². The van der Waals surface area contributed by atoms with Crippen molar-refractivity contribution in [3.8, 4) is 0 Å². The first-order chi connectivity index (χ1) is 7.22. The van der Waals surface area contributed by atoms with E-state index >= 15 is 0 Å². The molecule has 0 spiro atoms. The number of nitrogen functional groups attached to an aromatic ring is 1. The lowest BCUT2D eigenvalue weighted by Gasteiger charge is -2.23. The SMILES string of the molecule is Nc1cccc2c1N(CC(O)CO)CC2. The molecule has 0 amide bonds. The van der Waals surface area contributed by atoms with Crippen LogP contribution in [0.5, 0.6) is 0 Å². The number of hydrogen-bond donors (Lipinski definition) is 3. The van der Waals surface area contributed by atoms with E-state index in [4.69, 9.17) is 10.8 Å². The van der Waals surface area contributed by atoms with Crippen LogP contribution < -0.4 is 10.6 Å². The van der Waals surface area contributed by atoms with Crippen LogP contribution in [0.15, 0.2) is 18.2 Å². The summed E-state index contributed by atoms with van der Waals surface area (Å²) in [5, 5.41) is 18.2. The average molecular weight is 208 g/mol. The molecule has 0 saturated carbocycles. The molecule has 15 heavy (non-hydrogen) atoms. The number of anilines is 2. The zero-order valence-corrected chi connectivity index (χ0v) is 8.56. The Labute approximate surface area is 88.9 Å². The summed E-state index contributed by atoms with van der Waals surface area (Å²) in [4.78, 5) is 2.03. The Balaban J connectivity index is 2.20. The van der Waals surface area contributed by atoms with Crippen LogP contribution in [-0.4, -0.2) is 36.0 Å². The van der Waals surface area contributed by atoms with Gasteiger partial charge in [0.1, 0.15) is 0 Å². The van der Waals surface area contributed by atoms with Gasteiger partial charge in [-0.3, -0.25) is 0 Å². The lowest BCUT2D eigenvalue weighted by atomic mass is 10.1. The third-order valence-corrected chi connectivity index (χ3v) is 2.76. The minimum absolute atomic E-state index is 0.210. The second kappa shape index (κ2) is 4.08. The highest BCUT2D eigenvalue weighted by atomic mass is 16.3. The molecule has 1 atom stereocenters. The van der Waals surface area contributed by atoms with Crippen molar-refractivity contribution in [2.75, 3.05) is 30.3 Å². The molecule has 0 radical (unpaired) electrons. The molecule has 1 aromatic rings. The monoisotopic (exact) mass is 208 g/mol. The van der Waals surface area contributed by atoms with Gasteiger partial charge in [-0.15, -0.1) is 0 Å². The maximum atomic E-state index is 9.40. The highest BCUT2D eigenvalue weighted by Crippen LogP contribution is 2.33. The number of β-amino-alcohol motifs (C(OH)–C–C–N with tert-alkyl or cyclic N) is 1. The van der Waals surface area contributed by atoms with Crippen molar-refractivity contribution in [1.82, 2.24) is 0 Å². The molecule has 4 nitrogen and oxygen atoms in total. The number of hydrogen-bond acceptors (Lipinski definition) is 4. The summed E-state index contributed by atoms with van der Waals surface area (Å²) < 4.78 is 0. The van der Waals surface area contributed by atoms with Crippen LogP contribution in [-0.2, 0) is 6.42 Å². The second-order valence-corrected chi connectivity index (χ2v) is 3.89. The van der Waals surface area contributed by atoms with Gasteiger partial charge in [-0.2, -0.15) is 0 Å². The Bertz CT molecular complexity index is 354. The highest BCUT2D eigenvalue weighted by Gasteiger charge is 2.22. The molecule has 0 fully saturated rings. The summed E-state index contributed by atoms with van der Waals surface area (Å²) in [6.45, 7) is 1.09. The van der Waals surface area contributed by atoms with Crippen molar-refractivity contribution in [2.45, 2.75) is 12.5 Å². The summed E-state index contributed by atoms with van der Waals surface area (Å²) in [6, 6.07) is 5.86. The van der Waals surface area contributed by atoms with E-state index in [0.717, 1.165) is 24.3 Å². The van der Waals surface area contributed by atoms with Crippen LogP contribution in [0.25, 0.3) is 0 Å². The summed E-state index contributed by atoms with van der Waals surface area (Å²) in [7, 11) is 0. The first-order valence-electron chi connectivity index (χ1n) is 5.13.